The van der Waals surface area contributed by atoms with E-state index < -0.39 is 0 Å². The first kappa shape index (κ1) is 17.5. The molecule has 0 saturated carbocycles. The van der Waals surface area contributed by atoms with Crippen LogP contribution >= 0.6 is 11.8 Å². The Labute approximate surface area is 160 Å². The number of fused-ring (bicyclic) bond motifs is 3. The zero-order valence-electron chi connectivity index (χ0n) is 15.4. The largest absolute Gasteiger partial charge is 0.341 e. The molecule has 138 valence electrons. The summed E-state index contributed by atoms with van der Waals surface area (Å²) in [5, 5.41) is 16.9. The minimum atomic E-state index is -0.317. The zero-order chi connectivity index (χ0) is 19.0. The standard InChI is InChI=1S/C19H20N6OS/c1-4-25-16-8-6-5-7-14(16)15-11-13(9-10-17(15)25)20-18(26)12(2)27-19-21-22-23-24(19)3/h5-12H,4H2,1-3H3,(H,20,26). The van der Waals surface area contributed by atoms with Crippen LogP contribution in [-0.2, 0) is 18.4 Å². The second kappa shape index (κ2) is 7.03. The second-order valence-electron chi connectivity index (χ2n) is 6.33. The van der Waals surface area contributed by atoms with Gasteiger partial charge >= 0.3 is 0 Å². The van der Waals surface area contributed by atoms with Crippen molar-refractivity contribution < 1.29 is 4.79 Å². The highest BCUT2D eigenvalue weighted by molar-refractivity contribution is 8.00. The topological polar surface area (TPSA) is 77.6 Å². The summed E-state index contributed by atoms with van der Waals surface area (Å²) in [5.74, 6) is -0.0819. The van der Waals surface area contributed by atoms with Crippen molar-refractivity contribution in [3.8, 4) is 0 Å². The van der Waals surface area contributed by atoms with Crippen LogP contribution in [0.3, 0.4) is 0 Å². The first-order valence-corrected chi connectivity index (χ1v) is 9.67. The molecule has 8 heteroatoms. The van der Waals surface area contributed by atoms with Crippen LogP contribution in [0, 0.1) is 0 Å². The third-order valence-corrected chi connectivity index (χ3v) is 5.71. The molecule has 2 aromatic heterocycles. The molecule has 1 atom stereocenters. The van der Waals surface area contributed by atoms with Crippen molar-refractivity contribution in [1.29, 1.82) is 0 Å². The van der Waals surface area contributed by atoms with E-state index in [4.69, 9.17) is 0 Å². The number of anilines is 1. The van der Waals surface area contributed by atoms with Gasteiger partial charge in [-0.05, 0) is 48.5 Å². The van der Waals surface area contributed by atoms with Crippen molar-refractivity contribution in [2.45, 2.75) is 30.8 Å². The summed E-state index contributed by atoms with van der Waals surface area (Å²) in [6, 6.07) is 14.4. The molecule has 0 aliphatic carbocycles. The molecule has 2 aromatic carbocycles. The molecular formula is C19H20N6OS. The molecule has 27 heavy (non-hydrogen) atoms. The maximum atomic E-state index is 12.6. The van der Waals surface area contributed by atoms with Crippen LogP contribution in [0.1, 0.15) is 13.8 Å². The smallest absolute Gasteiger partial charge is 0.237 e. The number of nitrogens with zero attached hydrogens (tertiary/aromatic N) is 5. The van der Waals surface area contributed by atoms with Gasteiger partial charge in [-0.3, -0.25) is 4.79 Å². The van der Waals surface area contributed by atoms with Crippen molar-refractivity contribution in [3.63, 3.8) is 0 Å². The predicted octanol–water partition coefficient (Wildman–Crippen LogP) is 3.46. The molecule has 4 aromatic rings. The fraction of sp³-hybridized carbons (Fsp3) is 0.263. The molecular weight excluding hydrogens is 360 g/mol. The SMILES string of the molecule is CCn1c2ccccc2c2cc(NC(=O)C(C)Sc3nnnn3C)ccc21. The highest BCUT2D eigenvalue weighted by Gasteiger charge is 2.18. The average molecular weight is 380 g/mol. The summed E-state index contributed by atoms with van der Waals surface area (Å²) >= 11 is 1.33. The monoisotopic (exact) mass is 380 g/mol. The fourth-order valence-corrected chi connectivity index (χ4v) is 4.00. The van der Waals surface area contributed by atoms with Gasteiger partial charge in [-0.25, -0.2) is 4.68 Å². The predicted molar refractivity (Wildman–Crippen MR) is 108 cm³/mol. The Morgan fingerprint density at radius 2 is 1.96 bits per heavy atom. The van der Waals surface area contributed by atoms with Gasteiger partial charge in [0.1, 0.15) is 0 Å². The van der Waals surface area contributed by atoms with Gasteiger partial charge in [0.15, 0.2) is 0 Å². The van der Waals surface area contributed by atoms with Gasteiger partial charge in [0.2, 0.25) is 11.1 Å². The van der Waals surface area contributed by atoms with Crippen molar-refractivity contribution in [2.24, 2.45) is 7.05 Å². The van der Waals surface area contributed by atoms with E-state index in [1.807, 2.05) is 25.1 Å². The zero-order valence-corrected chi connectivity index (χ0v) is 16.2. The number of benzene rings is 2. The lowest BCUT2D eigenvalue weighted by Gasteiger charge is -2.11. The molecule has 0 aliphatic heterocycles. The molecule has 2 heterocycles. The summed E-state index contributed by atoms with van der Waals surface area (Å²) in [4.78, 5) is 12.6. The van der Waals surface area contributed by atoms with E-state index in [9.17, 15) is 4.79 Å². The average Bonchev–Trinajstić information content (AvgIpc) is 3.22. The molecule has 0 fully saturated rings. The van der Waals surface area contributed by atoms with Crippen LogP contribution in [0.5, 0.6) is 0 Å². The summed E-state index contributed by atoms with van der Waals surface area (Å²) in [6.45, 7) is 4.88. The number of carbonyl (C=O) groups is 1. The number of aryl methyl sites for hydroxylation is 2. The number of thioether (sulfide) groups is 1. The molecule has 0 spiro atoms. The van der Waals surface area contributed by atoms with E-state index in [-0.39, 0.29) is 11.2 Å². The number of para-hydroxylation sites is 1. The van der Waals surface area contributed by atoms with E-state index in [0.29, 0.717) is 5.16 Å². The lowest BCUT2D eigenvalue weighted by atomic mass is 10.1. The van der Waals surface area contributed by atoms with Crippen LogP contribution in [0.15, 0.2) is 47.6 Å². The molecule has 4 rings (SSSR count). The Balaban J connectivity index is 1.61. The van der Waals surface area contributed by atoms with Gasteiger partial charge < -0.3 is 9.88 Å². The molecule has 0 radical (unpaired) electrons. The Bertz CT molecular complexity index is 1130. The van der Waals surface area contributed by atoms with E-state index in [0.717, 1.165) is 17.6 Å². The van der Waals surface area contributed by atoms with Crippen LogP contribution in [0.4, 0.5) is 5.69 Å². The molecule has 1 unspecified atom stereocenters. The summed E-state index contributed by atoms with van der Waals surface area (Å²) in [7, 11) is 1.75. The number of nitrogens with one attached hydrogen (secondary N) is 1. The van der Waals surface area contributed by atoms with E-state index in [2.05, 4.69) is 56.6 Å². The molecule has 0 aliphatic rings. The minimum Gasteiger partial charge on any atom is -0.341 e. The number of amides is 1. The van der Waals surface area contributed by atoms with Crippen LogP contribution in [0.2, 0.25) is 0 Å². The third kappa shape index (κ3) is 3.16. The number of rotatable bonds is 5. The molecule has 0 saturated heterocycles. The van der Waals surface area contributed by atoms with Crippen molar-refractivity contribution in [1.82, 2.24) is 24.8 Å². The third-order valence-electron chi connectivity index (χ3n) is 4.59. The van der Waals surface area contributed by atoms with Gasteiger partial charge in [0, 0.05) is 41.1 Å². The maximum Gasteiger partial charge on any atom is 0.237 e. The minimum absolute atomic E-state index is 0.0819. The number of hydrogen-bond donors (Lipinski definition) is 1. The van der Waals surface area contributed by atoms with Crippen LogP contribution < -0.4 is 5.32 Å². The molecule has 1 amide bonds. The second-order valence-corrected chi connectivity index (χ2v) is 7.64. The van der Waals surface area contributed by atoms with E-state index >= 15 is 0 Å². The van der Waals surface area contributed by atoms with Crippen LogP contribution in [0.25, 0.3) is 21.8 Å². The fourth-order valence-electron chi connectivity index (χ4n) is 3.25. The lowest BCUT2D eigenvalue weighted by molar-refractivity contribution is -0.115. The maximum absolute atomic E-state index is 12.6. The Morgan fingerprint density at radius 3 is 2.70 bits per heavy atom. The highest BCUT2D eigenvalue weighted by Crippen LogP contribution is 2.31. The summed E-state index contributed by atoms with van der Waals surface area (Å²) in [5.41, 5.74) is 3.16. The van der Waals surface area contributed by atoms with Gasteiger partial charge in [-0.1, -0.05) is 30.0 Å². The number of aromatic nitrogens is 5. The Hall–Kier alpha value is -2.87. The number of tetrazole rings is 1. The molecule has 0 bridgehead atoms. The quantitative estimate of drug-likeness (QED) is 0.537. The lowest BCUT2D eigenvalue weighted by Crippen LogP contribution is -2.22. The normalized spacial score (nSPS) is 12.6. The van der Waals surface area contributed by atoms with E-state index in [1.54, 1.807) is 11.7 Å². The Morgan fingerprint density at radius 1 is 1.19 bits per heavy atom. The van der Waals surface area contributed by atoms with Crippen molar-refractivity contribution in [2.75, 3.05) is 5.32 Å². The first-order valence-electron chi connectivity index (χ1n) is 8.79. The molecule has 1 N–H and O–H groups in total. The van der Waals surface area contributed by atoms with Gasteiger partial charge in [0.25, 0.3) is 0 Å². The Kier molecular flexibility index (Phi) is 4.57. The highest BCUT2D eigenvalue weighted by atomic mass is 32.2. The molecule has 7 nitrogen and oxygen atoms in total. The van der Waals surface area contributed by atoms with Crippen molar-refractivity contribution in [3.05, 3.63) is 42.5 Å². The first-order chi connectivity index (χ1) is 13.1. The van der Waals surface area contributed by atoms with Gasteiger partial charge in [-0.15, -0.1) is 5.10 Å². The number of hydrogen-bond acceptors (Lipinski definition) is 5. The number of carbonyl (C=O) groups excluding carboxylic acids is 1. The van der Waals surface area contributed by atoms with E-state index in [1.165, 1.54) is 28.2 Å². The summed E-state index contributed by atoms with van der Waals surface area (Å²) < 4.78 is 3.84. The van der Waals surface area contributed by atoms with Gasteiger partial charge in [0.05, 0.1) is 5.25 Å². The van der Waals surface area contributed by atoms with Gasteiger partial charge in [-0.2, -0.15) is 0 Å². The summed E-state index contributed by atoms with van der Waals surface area (Å²) in [6.07, 6.45) is 0. The van der Waals surface area contributed by atoms with Crippen molar-refractivity contribution >= 4 is 45.2 Å². The van der Waals surface area contributed by atoms with Crippen LogP contribution in [-0.4, -0.2) is 35.9 Å².